The van der Waals surface area contributed by atoms with E-state index in [4.69, 9.17) is 10.5 Å². The van der Waals surface area contributed by atoms with Crippen molar-refractivity contribution in [3.05, 3.63) is 71.7 Å². The highest BCUT2D eigenvalue weighted by atomic mass is 16.5. The third kappa shape index (κ3) is 4.96. The molecule has 0 atom stereocenters. The molecule has 9 heteroatoms. The normalized spacial score (nSPS) is 14.2. The first-order valence-corrected chi connectivity index (χ1v) is 11.6. The minimum atomic E-state index is -0.286. The van der Waals surface area contributed by atoms with Crippen LogP contribution in [0.25, 0.3) is 16.6 Å². The van der Waals surface area contributed by atoms with E-state index >= 15 is 0 Å². The number of carbonyl (C=O) groups is 1. The zero-order valence-electron chi connectivity index (χ0n) is 19.9. The number of rotatable bonds is 5. The topological polar surface area (TPSA) is 110 Å². The smallest absolute Gasteiger partial charge is 0.323 e. The summed E-state index contributed by atoms with van der Waals surface area (Å²) in [5.41, 5.74) is 13.6. The van der Waals surface area contributed by atoms with Gasteiger partial charge in [-0.25, -0.2) is 14.3 Å². The van der Waals surface area contributed by atoms with Gasteiger partial charge in [-0.2, -0.15) is 5.10 Å². The largest absolute Gasteiger partial charge is 0.382 e. The number of aromatic nitrogens is 3. The van der Waals surface area contributed by atoms with E-state index in [0.29, 0.717) is 11.5 Å². The summed E-state index contributed by atoms with van der Waals surface area (Å²) < 4.78 is 7.34. The fraction of sp³-hybridized carbons (Fsp3) is 0.269. The van der Waals surface area contributed by atoms with Gasteiger partial charge in [-0.3, -0.25) is 4.90 Å². The molecule has 1 aliphatic rings. The highest BCUT2D eigenvalue weighted by molar-refractivity contribution is 6.00. The van der Waals surface area contributed by atoms with Crippen molar-refractivity contribution in [3.8, 4) is 11.1 Å². The van der Waals surface area contributed by atoms with Crippen LogP contribution in [0.1, 0.15) is 16.8 Å². The van der Waals surface area contributed by atoms with Crippen LogP contribution in [0.3, 0.4) is 0 Å². The molecule has 35 heavy (non-hydrogen) atoms. The zero-order valence-corrected chi connectivity index (χ0v) is 19.9. The van der Waals surface area contributed by atoms with Crippen molar-refractivity contribution in [2.24, 2.45) is 0 Å². The van der Waals surface area contributed by atoms with Crippen LogP contribution in [-0.4, -0.2) is 51.8 Å². The summed E-state index contributed by atoms with van der Waals surface area (Å²) in [5.74, 6) is 0.429. The van der Waals surface area contributed by atoms with E-state index in [9.17, 15) is 4.79 Å². The summed E-state index contributed by atoms with van der Waals surface area (Å²) in [6.45, 7) is 7.95. The number of hydrogen-bond acceptors (Lipinski definition) is 6. The van der Waals surface area contributed by atoms with Gasteiger partial charge in [0.2, 0.25) is 0 Å². The molecule has 0 radical (unpaired) electrons. The van der Waals surface area contributed by atoms with Gasteiger partial charge in [-0.05, 0) is 54.8 Å². The lowest BCUT2D eigenvalue weighted by Crippen LogP contribution is -2.36. The summed E-state index contributed by atoms with van der Waals surface area (Å²) in [4.78, 5) is 19.1. The van der Waals surface area contributed by atoms with Gasteiger partial charge in [0.1, 0.15) is 11.8 Å². The maximum Gasteiger partial charge on any atom is 0.323 e. The molecule has 0 unspecified atom stereocenters. The van der Waals surface area contributed by atoms with E-state index in [-0.39, 0.29) is 6.03 Å². The Bertz CT molecular complexity index is 1360. The summed E-state index contributed by atoms with van der Waals surface area (Å²) in [6, 6.07) is 15.5. The second-order valence-electron chi connectivity index (χ2n) is 8.82. The lowest BCUT2D eigenvalue weighted by Gasteiger charge is -2.26. The summed E-state index contributed by atoms with van der Waals surface area (Å²) in [6.07, 6.45) is 1.48. The molecule has 4 N–H and O–H groups in total. The third-order valence-corrected chi connectivity index (χ3v) is 6.24. The lowest BCUT2D eigenvalue weighted by molar-refractivity contribution is 0.0334. The SMILES string of the molecule is Cc1ccc(C)c(NC(=O)Nc2ccc(-c3cc(CN4CCOCC4)n4ncnc(N)c34)cc2)c1. The van der Waals surface area contributed by atoms with Gasteiger partial charge in [-0.15, -0.1) is 0 Å². The fourth-order valence-corrected chi connectivity index (χ4v) is 4.34. The van der Waals surface area contributed by atoms with Crippen molar-refractivity contribution in [3.63, 3.8) is 0 Å². The van der Waals surface area contributed by atoms with Crippen LogP contribution in [0.4, 0.5) is 22.0 Å². The first-order valence-electron chi connectivity index (χ1n) is 11.6. The van der Waals surface area contributed by atoms with E-state index in [2.05, 4.69) is 31.7 Å². The molecule has 1 fully saturated rings. The number of amides is 2. The summed E-state index contributed by atoms with van der Waals surface area (Å²) in [7, 11) is 0. The number of ether oxygens (including phenoxy) is 1. The summed E-state index contributed by atoms with van der Waals surface area (Å²) >= 11 is 0. The Morgan fingerprint density at radius 3 is 2.60 bits per heavy atom. The van der Waals surface area contributed by atoms with Crippen molar-refractivity contribution in [2.45, 2.75) is 20.4 Å². The number of anilines is 3. The monoisotopic (exact) mass is 471 g/mol. The van der Waals surface area contributed by atoms with Gasteiger partial charge < -0.3 is 21.1 Å². The maximum absolute atomic E-state index is 12.5. The third-order valence-electron chi connectivity index (χ3n) is 6.24. The Labute approximate surface area is 203 Å². The van der Waals surface area contributed by atoms with Gasteiger partial charge in [0.15, 0.2) is 5.82 Å². The number of nitrogens with zero attached hydrogens (tertiary/aromatic N) is 4. The molecule has 1 saturated heterocycles. The van der Waals surface area contributed by atoms with E-state index in [1.54, 1.807) is 0 Å². The molecule has 0 bridgehead atoms. The maximum atomic E-state index is 12.5. The number of aryl methyl sites for hydroxylation is 2. The zero-order chi connectivity index (χ0) is 24.4. The van der Waals surface area contributed by atoms with Crippen molar-refractivity contribution in [1.82, 2.24) is 19.5 Å². The molecule has 9 nitrogen and oxygen atoms in total. The second-order valence-corrected chi connectivity index (χ2v) is 8.82. The molecule has 0 spiro atoms. The first-order chi connectivity index (χ1) is 17.0. The van der Waals surface area contributed by atoms with Crippen LogP contribution in [0.15, 0.2) is 54.9 Å². The number of nitrogen functional groups attached to an aromatic ring is 1. The van der Waals surface area contributed by atoms with E-state index in [1.165, 1.54) is 6.33 Å². The standard InChI is InChI=1S/C26H29N7O2/c1-17-3-4-18(2)23(13-17)31-26(34)30-20-7-5-19(6-8-20)22-14-21(15-32-9-11-35-12-10-32)33-24(22)25(27)28-16-29-33/h3-8,13-14,16H,9-12,15H2,1-2H3,(H2,27,28,29)(H2,30,31,34). The highest BCUT2D eigenvalue weighted by Gasteiger charge is 2.18. The van der Waals surface area contributed by atoms with Crippen molar-refractivity contribution < 1.29 is 9.53 Å². The summed E-state index contributed by atoms with van der Waals surface area (Å²) in [5, 5.41) is 10.3. The molecule has 5 rings (SSSR count). The van der Waals surface area contributed by atoms with Crippen molar-refractivity contribution in [2.75, 3.05) is 42.7 Å². The van der Waals surface area contributed by atoms with E-state index < -0.39 is 0 Å². The minimum absolute atomic E-state index is 0.286. The Hall–Kier alpha value is -3.95. The number of morpholine rings is 1. The Morgan fingerprint density at radius 2 is 1.83 bits per heavy atom. The van der Waals surface area contributed by atoms with Crippen LogP contribution < -0.4 is 16.4 Å². The van der Waals surface area contributed by atoms with Crippen LogP contribution in [0.5, 0.6) is 0 Å². The molecule has 0 saturated carbocycles. The number of benzene rings is 2. The molecular weight excluding hydrogens is 442 g/mol. The number of nitrogens with two attached hydrogens (primary N) is 1. The first kappa shape index (κ1) is 22.8. The molecule has 4 aromatic rings. The molecule has 0 aliphatic carbocycles. The minimum Gasteiger partial charge on any atom is -0.382 e. The molecular formula is C26H29N7O2. The van der Waals surface area contributed by atoms with Crippen LogP contribution >= 0.6 is 0 Å². The van der Waals surface area contributed by atoms with Gasteiger partial charge in [0, 0.05) is 36.6 Å². The highest BCUT2D eigenvalue weighted by Crippen LogP contribution is 2.31. The molecule has 1 aliphatic heterocycles. The van der Waals surface area contributed by atoms with Crippen LogP contribution in [0, 0.1) is 13.8 Å². The van der Waals surface area contributed by atoms with Crippen LogP contribution in [-0.2, 0) is 11.3 Å². The van der Waals surface area contributed by atoms with Crippen LogP contribution in [0.2, 0.25) is 0 Å². The number of carbonyl (C=O) groups excluding carboxylic acids is 1. The quantitative estimate of drug-likeness (QED) is 0.405. The van der Waals surface area contributed by atoms with E-state index in [1.807, 2.05) is 60.8 Å². The Kier molecular flexibility index (Phi) is 6.35. The van der Waals surface area contributed by atoms with Gasteiger partial charge in [0.05, 0.1) is 18.9 Å². The van der Waals surface area contributed by atoms with Gasteiger partial charge in [0.25, 0.3) is 0 Å². The average molecular weight is 472 g/mol. The molecule has 180 valence electrons. The molecule has 2 aromatic heterocycles. The van der Waals surface area contributed by atoms with Crippen molar-refractivity contribution in [1.29, 1.82) is 0 Å². The van der Waals surface area contributed by atoms with E-state index in [0.717, 1.165) is 72.0 Å². The Balaban J connectivity index is 1.36. The number of hydrogen-bond donors (Lipinski definition) is 3. The second kappa shape index (κ2) is 9.73. The van der Waals surface area contributed by atoms with Gasteiger partial charge >= 0.3 is 6.03 Å². The fourth-order valence-electron chi connectivity index (χ4n) is 4.34. The number of urea groups is 1. The molecule has 2 amide bonds. The number of fused-ring (bicyclic) bond motifs is 1. The Morgan fingerprint density at radius 1 is 1.06 bits per heavy atom. The average Bonchev–Trinajstić information content (AvgIpc) is 3.22. The predicted octanol–water partition coefficient (Wildman–Crippen LogP) is 4.07. The van der Waals surface area contributed by atoms with Gasteiger partial charge in [-0.1, -0.05) is 24.3 Å². The lowest BCUT2D eigenvalue weighted by atomic mass is 10.1. The predicted molar refractivity (Wildman–Crippen MR) is 137 cm³/mol. The number of nitrogens with one attached hydrogen (secondary N) is 2. The molecule has 2 aromatic carbocycles. The molecule has 3 heterocycles. The van der Waals surface area contributed by atoms with Crippen molar-refractivity contribution >= 4 is 28.7 Å².